The fraction of sp³-hybridized carbons (Fsp3) is 0.286. The third kappa shape index (κ3) is 6.99. The Morgan fingerprint density at radius 3 is 2.49 bits per heavy atom. The molecule has 0 aliphatic heterocycles. The third-order valence-corrected chi connectivity index (χ3v) is 6.04. The van der Waals surface area contributed by atoms with Crippen LogP contribution in [-0.2, 0) is 24.2 Å². The second-order valence-corrected chi connectivity index (χ2v) is 8.74. The summed E-state index contributed by atoms with van der Waals surface area (Å²) < 4.78 is 13.2. The van der Waals surface area contributed by atoms with Gasteiger partial charge in [0, 0.05) is 24.5 Å². The lowest BCUT2D eigenvalue weighted by atomic mass is 10.1. The minimum absolute atomic E-state index is 0.00261. The van der Waals surface area contributed by atoms with E-state index in [0.717, 1.165) is 53.3 Å². The van der Waals surface area contributed by atoms with Crippen LogP contribution in [-0.4, -0.2) is 35.7 Å². The second kappa shape index (κ2) is 12.3. The molecule has 0 saturated heterocycles. The Labute approximate surface area is 210 Å². The van der Waals surface area contributed by atoms with Crippen LogP contribution in [0, 0.1) is 0 Å². The lowest BCUT2D eigenvalue weighted by molar-refractivity contribution is -0.120. The number of carbonyl (C=O) groups excluding carboxylic acids is 1. The van der Waals surface area contributed by atoms with Crippen molar-refractivity contribution in [2.45, 2.75) is 32.2 Å². The van der Waals surface area contributed by atoms with Crippen LogP contribution in [0.15, 0.2) is 72.8 Å². The van der Waals surface area contributed by atoms with Crippen LogP contribution in [0.1, 0.15) is 24.2 Å². The minimum atomic E-state index is -0.00261. The Kier molecular flexibility index (Phi) is 8.63. The summed E-state index contributed by atoms with van der Waals surface area (Å²) in [5.74, 6) is 2.59. The molecular weight excluding hydrogens is 462 g/mol. The van der Waals surface area contributed by atoms with Gasteiger partial charge in [0.2, 0.25) is 5.91 Å². The van der Waals surface area contributed by atoms with E-state index >= 15 is 0 Å². The molecule has 0 aliphatic carbocycles. The number of fused-ring (bicyclic) bond motifs is 1. The van der Waals surface area contributed by atoms with Crippen molar-refractivity contribution in [2.75, 3.05) is 20.3 Å². The average molecular weight is 492 g/mol. The van der Waals surface area contributed by atoms with Crippen molar-refractivity contribution in [3.63, 3.8) is 0 Å². The summed E-state index contributed by atoms with van der Waals surface area (Å²) in [5.41, 5.74) is 3.05. The molecule has 4 rings (SSSR count). The van der Waals surface area contributed by atoms with Crippen molar-refractivity contribution in [1.82, 2.24) is 14.9 Å². The number of aryl methyl sites for hydroxylation is 1. The van der Waals surface area contributed by atoms with Crippen LogP contribution >= 0.6 is 11.6 Å². The number of unbranched alkanes of at least 4 members (excludes halogenated alkanes) is 1. The van der Waals surface area contributed by atoms with Crippen LogP contribution < -0.4 is 14.8 Å². The number of aromatic nitrogens is 2. The number of amides is 1. The molecule has 0 atom stereocenters. The molecule has 1 amide bonds. The molecule has 182 valence electrons. The SMILES string of the molecule is COc1ccc(CC(=O)NCCc2nc3ccccc3n2CCCCOc2ccc(Cl)cc2)cc1. The highest BCUT2D eigenvalue weighted by atomic mass is 35.5. The molecule has 6 nitrogen and oxygen atoms in total. The maximum atomic E-state index is 12.4. The molecule has 0 aliphatic rings. The number of hydrogen-bond acceptors (Lipinski definition) is 4. The molecule has 7 heteroatoms. The van der Waals surface area contributed by atoms with E-state index in [9.17, 15) is 4.79 Å². The van der Waals surface area contributed by atoms with E-state index < -0.39 is 0 Å². The van der Waals surface area contributed by atoms with Crippen LogP contribution in [0.4, 0.5) is 0 Å². The highest BCUT2D eigenvalue weighted by Gasteiger charge is 2.11. The van der Waals surface area contributed by atoms with E-state index in [0.29, 0.717) is 31.0 Å². The highest BCUT2D eigenvalue weighted by molar-refractivity contribution is 6.30. The first-order chi connectivity index (χ1) is 17.1. The predicted molar refractivity (Wildman–Crippen MR) is 139 cm³/mol. The van der Waals surface area contributed by atoms with Crippen molar-refractivity contribution in [3.05, 3.63) is 89.2 Å². The van der Waals surface area contributed by atoms with Crippen LogP contribution in [0.3, 0.4) is 0 Å². The van der Waals surface area contributed by atoms with Gasteiger partial charge in [-0.05, 0) is 66.9 Å². The van der Waals surface area contributed by atoms with Gasteiger partial charge in [-0.2, -0.15) is 0 Å². The number of nitrogens with one attached hydrogen (secondary N) is 1. The van der Waals surface area contributed by atoms with E-state index in [-0.39, 0.29) is 5.91 Å². The van der Waals surface area contributed by atoms with Gasteiger partial charge in [0.15, 0.2) is 0 Å². The number of rotatable bonds is 12. The molecule has 0 fully saturated rings. The minimum Gasteiger partial charge on any atom is -0.497 e. The fourth-order valence-electron chi connectivity index (χ4n) is 3.96. The van der Waals surface area contributed by atoms with Gasteiger partial charge < -0.3 is 19.4 Å². The first-order valence-corrected chi connectivity index (χ1v) is 12.2. The molecule has 35 heavy (non-hydrogen) atoms. The summed E-state index contributed by atoms with van der Waals surface area (Å²) in [7, 11) is 1.63. The summed E-state index contributed by atoms with van der Waals surface area (Å²) in [5, 5.41) is 3.73. The normalized spacial score (nSPS) is 10.9. The number of methoxy groups -OCH3 is 1. The summed E-state index contributed by atoms with van der Waals surface area (Å²) in [6.07, 6.45) is 2.90. The lowest BCUT2D eigenvalue weighted by Crippen LogP contribution is -2.28. The Morgan fingerprint density at radius 1 is 0.971 bits per heavy atom. The number of imidazole rings is 1. The molecular formula is C28H30ClN3O3. The molecule has 3 aromatic carbocycles. The summed E-state index contributed by atoms with van der Waals surface area (Å²) in [6, 6.07) is 23.1. The Hall–Kier alpha value is -3.51. The third-order valence-electron chi connectivity index (χ3n) is 5.79. The summed E-state index contributed by atoms with van der Waals surface area (Å²) in [6.45, 7) is 2.03. The largest absolute Gasteiger partial charge is 0.497 e. The maximum absolute atomic E-state index is 12.4. The molecule has 0 spiro atoms. The van der Waals surface area contributed by atoms with Crippen LogP contribution in [0.5, 0.6) is 11.5 Å². The van der Waals surface area contributed by atoms with Gasteiger partial charge in [0.1, 0.15) is 17.3 Å². The number of benzene rings is 3. The molecule has 0 unspecified atom stereocenters. The maximum Gasteiger partial charge on any atom is 0.224 e. The molecule has 1 aromatic heterocycles. The number of nitrogens with zero attached hydrogens (tertiary/aromatic N) is 2. The summed E-state index contributed by atoms with van der Waals surface area (Å²) in [4.78, 5) is 17.2. The zero-order chi connectivity index (χ0) is 24.5. The average Bonchev–Trinajstić information content (AvgIpc) is 3.22. The van der Waals surface area contributed by atoms with Gasteiger partial charge in [0.05, 0.1) is 31.2 Å². The zero-order valence-electron chi connectivity index (χ0n) is 19.9. The van der Waals surface area contributed by atoms with Gasteiger partial charge in [-0.25, -0.2) is 4.98 Å². The predicted octanol–water partition coefficient (Wildman–Crippen LogP) is 5.46. The quantitative estimate of drug-likeness (QED) is 0.267. The van der Waals surface area contributed by atoms with Crippen molar-refractivity contribution >= 4 is 28.5 Å². The van der Waals surface area contributed by atoms with E-state index in [1.165, 1.54) is 0 Å². The van der Waals surface area contributed by atoms with E-state index in [1.54, 1.807) is 7.11 Å². The molecule has 0 radical (unpaired) electrons. The number of carbonyl (C=O) groups is 1. The van der Waals surface area contributed by atoms with Crippen LogP contribution in [0.2, 0.25) is 5.02 Å². The Morgan fingerprint density at radius 2 is 1.71 bits per heavy atom. The molecule has 0 bridgehead atoms. The number of halogens is 1. The molecule has 1 heterocycles. The number of hydrogen-bond donors (Lipinski definition) is 1. The fourth-order valence-corrected chi connectivity index (χ4v) is 4.09. The Balaban J connectivity index is 1.28. The van der Waals surface area contributed by atoms with E-state index in [4.69, 9.17) is 26.1 Å². The van der Waals surface area contributed by atoms with Crippen molar-refractivity contribution < 1.29 is 14.3 Å². The van der Waals surface area contributed by atoms with Crippen LogP contribution in [0.25, 0.3) is 11.0 Å². The van der Waals surface area contributed by atoms with Gasteiger partial charge >= 0.3 is 0 Å². The molecule has 4 aromatic rings. The topological polar surface area (TPSA) is 65.4 Å². The number of ether oxygens (including phenoxy) is 2. The molecule has 0 saturated carbocycles. The molecule has 1 N–H and O–H groups in total. The first kappa shape index (κ1) is 24.6. The van der Waals surface area contributed by atoms with E-state index in [1.807, 2.05) is 66.7 Å². The zero-order valence-corrected chi connectivity index (χ0v) is 20.6. The van der Waals surface area contributed by atoms with E-state index in [2.05, 4.69) is 16.0 Å². The van der Waals surface area contributed by atoms with Gasteiger partial charge in [0.25, 0.3) is 0 Å². The second-order valence-electron chi connectivity index (χ2n) is 8.30. The van der Waals surface area contributed by atoms with Gasteiger partial charge in [-0.1, -0.05) is 35.9 Å². The van der Waals surface area contributed by atoms with Gasteiger partial charge in [-0.15, -0.1) is 0 Å². The smallest absolute Gasteiger partial charge is 0.224 e. The first-order valence-electron chi connectivity index (χ1n) is 11.8. The monoisotopic (exact) mass is 491 g/mol. The number of para-hydroxylation sites is 2. The van der Waals surface area contributed by atoms with Gasteiger partial charge in [-0.3, -0.25) is 4.79 Å². The van der Waals surface area contributed by atoms with Crippen molar-refractivity contribution in [2.24, 2.45) is 0 Å². The van der Waals surface area contributed by atoms with Crippen molar-refractivity contribution in [1.29, 1.82) is 0 Å². The highest BCUT2D eigenvalue weighted by Crippen LogP contribution is 2.19. The standard InChI is InChI=1S/C28H30ClN3O3/c1-34-23-12-8-21(9-13-23)20-28(33)30-17-16-27-31-25-6-2-3-7-26(25)32(27)18-4-5-19-35-24-14-10-22(29)11-15-24/h2-3,6-15H,4-5,16-20H2,1H3,(H,30,33). The summed E-state index contributed by atoms with van der Waals surface area (Å²) >= 11 is 5.92. The van der Waals surface area contributed by atoms with Crippen molar-refractivity contribution in [3.8, 4) is 11.5 Å². The lowest BCUT2D eigenvalue weighted by Gasteiger charge is -2.11. The Bertz CT molecular complexity index is 1240.